The van der Waals surface area contributed by atoms with E-state index >= 15 is 0 Å². The van der Waals surface area contributed by atoms with Gasteiger partial charge in [-0.25, -0.2) is 8.78 Å². The van der Waals surface area contributed by atoms with Crippen LogP contribution in [-0.4, -0.2) is 6.54 Å². The van der Waals surface area contributed by atoms with Gasteiger partial charge in [-0.05, 0) is 31.9 Å². The fraction of sp³-hybridized carbons (Fsp3) is 0.538. The van der Waals surface area contributed by atoms with Gasteiger partial charge in [0.2, 0.25) is 0 Å². The zero-order valence-corrected chi connectivity index (χ0v) is 9.52. The molecule has 2 rings (SSSR count). The van der Waals surface area contributed by atoms with Crippen molar-refractivity contribution >= 4 is 0 Å². The highest BCUT2D eigenvalue weighted by Gasteiger charge is 2.20. The lowest BCUT2D eigenvalue weighted by molar-refractivity contribution is 0.456. The molecule has 1 aliphatic rings. The van der Waals surface area contributed by atoms with Crippen LogP contribution in [0, 0.1) is 18.6 Å². The third kappa shape index (κ3) is 2.24. The summed E-state index contributed by atoms with van der Waals surface area (Å²) in [5.41, 5.74) is 0.847. The number of aryl methyl sites for hydroxylation is 1. The first-order chi connectivity index (χ1) is 7.70. The van der Waals surface area contributed by atoms with E-state index in [4.69, 9.17) is 0 Å². The predicted molar refractivity (Wildman–Crippen MR) is 60.3 cm³/mol. The third-order valence-corrected chi connectivity index (χ3v) is 3.24. The maximum absolute atomic E-state index is 13.8. The molecule has 0 amide bonds. The number of nitrogens with one attached hydrogen (secondary N) is 1. The van der Waals surface area contributed by atoms with E-state index in [2.05, 4.69) is 5.32 Å². The molecule has 0 aliphatic carbocycles. The second-order valence-electron chi connectivity index (χ2n) is 4.46. The van der Waals surface area contributed by atoms with Crippen molar-refractivity contribution in [3.8, 4) is 0 Å². The summed E-state index contributed by atoms with van der Waals surface area (Å²) in [6.07, 6.45) is 4.25. The molecule has 0 saturated carbocycles. The van der Waals surface area contributed by atoms with Crippen molar-refractivity contribution in [2.45, 2.75) is 38.6 Å². The Labute approximate surface area is 94.9 Å². The van der Waals surface area contributed by atoms with Gasteiger partial charge in [-0.2, -0.15) is 0 Å². The van der Waals surface area contributed by atoms with E-state index in [9.17, 15) is 8.78 Å². The van der Waals surface area contributed by atoms with Gasteiger partial charge in [0, 0.05) is 11.6 Å². The minimum atomic E-state index is -0.705. The van der Waals surface area contributed by atoms with E-state index in [0.29, 0.717) is 11.1 Å². The Balaban J connectivity index is 2.28. The van der Waals surface area contributed by atoms with Crippen molar-refractivity contribution in [2.24, 2.45) is 0 Å². The molecule has 0 aromatic heterocycles. The van der Waals surface area contributed by atoms with Crippen LogP contribution in [0.25, 0.3) is 0 Å². The molecule has 1 aromatic rings. The summed E-state index contributed by atoms with van der Waals surface area (Å²) in [7, 11) is 0. The first kappa shape index (κ1) is 11.5. The lowest BCUT2D eigenvalue weighted by Crippen LogP contribution is -2.21. The predicted octanol–water partition coefficient (Wildman–Crippen LogP) is 3.48. The Morgan fingerprint density at radius 2 is 1.94 bits per heavy atom. The molecular formula is C13H17F2N. The highest BCUT2D eigenvalue weighted by atomic mass is 19.2. The van der Waals surface area contributed by atoms with Crippen LogP contribution >= 0.6 is 0 Å². The Hall–Kier alpha value is -0.960. The molecule has 1 fully saturated rings. The van der Waals surface area contributed by atoms with E-state index in [1.165, 1.54) is 6.42 Å². The van der Waals surface area contributed by atoms with Gasteiger partial charge in [-0.1, -0.05) is 25.0 Å². The van der Waals surface area contributed by atoms with Crippen LogP contribution in [0.4, 0.5) is 8.78 Å². The zero-order chi connectivity index (χ0) is 11.5. The molecule has 1 N–H and O–H groups in total. The average molecular weight is 225 g/mol. The lowest BCUT2D eigenvalue weighted by atomic mass is 10.00. The van der Waals surface area contributed by atoms with Gasteiger partial charge >= 0.3 is 0 Å². The van der Waals surface area contributed by atoms with Crippen LogP contribution in [0.1, 0.15) is 42.9 Å². The molecule has 16 heavy (non-hydrogen) atoms. The molecular weight excluding hydrogens is 208 g/mol. The second kappa shape index (κ2) is 4.91. The molecule has 0 radical (unpaired) electrons. The van der Waals surface area contributed by atoms with Crippen molar-refractivity contribution in [3.63, 3.8) is 0 Å². The summed E-state index contributed by atoms with van der Waals surface area (Å²) in [6.45, 7) is 2.47. The number of halogens is 2. The summed E-state index contributed by atoms with van der Waals surface area (Å²) >= 11 is 0. The largest absolute Gasteiger partial charge is 0.310 e. The van der Waals surface area contributed by atoms with E-state index in [-0.39, 0.29) is 6.04 Å². The molecule has 1 unspecified atom stereocenters. The van der Waals surface area contributed by atoms with E-state index < -0.39 is 11.6 Å². The Bertz CT molecular complexity index is 368. The summed E-state index contributed by atoms with van der Waals surface area (Å²) < 4.78 is 27.2. The lowest BCUT2D eigenvalue weighted by Gasteiger charge is -2.17. The zero-order valence-electron chi connectivity index (χ0n) is 9.52. The second-order valence-corrected chi connectivity index (χ2v) is 4.46. The first-order valence-corrected chi connectivity index (χ1v) is 5.88. The molecule has 3 heteroatoms. The molecule has 0 spiro atoms. The molecule has 0 bridgehead atoms. The van der Waals surface area contributed by atoms with Crippen molar-refractivity contribution in [2.75, 3.05) is 6.54 Å². The normalized spacial score (nSPS) is 21.8. The fourth-order valence-electron chi connectivity index (χ4n) is 2.22. The standard InChI is InChI=1S/C13H17F2N/c1-9-6-7-10(13(15)12(9)14)11-5-3-2-4-8-16-11/h6-7,11,16H,2-5,8H2,1H3. The number of hydrogen-bond donors (Lipinski definition) is 1. The van der Waals surface area contributed by atoms with Gasteiger partial charge < -0.3 is 5.32 Å². The summed E-state index contributed by atoms with van der Waals surface area (Å²) in [6, 6.07) is 3.33. The first-order valence-electron chi connectivity index (χ1n) is 5.88. The summed E-state index contributed by atoms with van der Waals surface area (Å²) in [4.78, 5) is 0. The summed E-state index contributed by atoms with van der Waals surface area (Å²) in [5, 5.41) is 3.28. The SMILES string of the molecule is Cc1ccc(C2CCCCCN2)c(F)c1F. The van der Waals surface area contributed by atoms with Crippen LogP contribution in [-0.2, 0) is 0 Å². The van der Waals surface area contributed by atoms with Gasteiger partial charge in [-0.15, -0.1) is 0 Å². The fourth-order valence-corrected chi connectivity index (χ4v) is 2.22. The van der Waals surface area contributed by atoms with E-state index in [1.54, 1.807) is 19.1 Å². The van der Waals surface area contributed by atoms with Crippen LogP contribution < -0.4 is 5.32 Å². The van der Waals surface area contributed by atoms with Crippen LogP contribution in [0.15, 0.2) is 12.1 Å². The van der Waals surface area contributed by atoms with Gasteiger partial charge in [0.05, 0.1) is 0 Å². The summed E-state index contributed by atoms with van der Waals surface area (Å²) in [5.74, 6) is -1.39. The van der Waals surface area contributed by atoms with Crippen molar-refractivity contribution < 1.29 is 8.78 Å². The third-order valence-electron chi connectivity index (χ3n) is 3.24. The molecule has 1 aromatic carbocycles. The van der Waals surface area contributed by atoms with Crippen LogP contribution in [0.3, 0.4) is 0 Å². The molecule has 1 heterocycles. The Kier molecular flexibility index (Phi) is 3.54. The van der Waals surface area contributed by atoms with Crippen molar-refractivity contribution in [1.82, 2.24) is 5.32 Å². The highest BCUT2D eigenvalue weighted by molar-refractivity contribution is 5.28. The minimum absolute atomic E-state index is 0.0300. The topological polar surface area (TPSA) is 12.0 Å². The van der Waals surface area contributed by atoms with Gasteiger partial charge in [0.1, 0.15) is 0 Å². The van der Waals surface area contributed by atoms with Gasteiger partial charge in [-0.3, -0.25) is 0 Å². The van der Waals surface area contributed by atoms with Crippen molar-refractivity contribution in [1.29, 1.82) is 0 Å². The maximum atomic E-state index is 13.8. The number of hydrogen-bond acceptors (Lipinski definition) is 1. The van der Waals surface area contributed by atoms with E-state index in [1.807, 2.05) is 0 Å². The Morgan fingerprint density at radius 1 is 1.12 bits per heavy atom. The molecule has 1 saturated heterocycles. The smallest absolute Gasteiger partial charge is 0.163 e. The van der Waals surface area contributed by atoms with E-state index in [0.717, 1.165) is 25.8 Å². The minimum Gasteiger partial charge on any atom is -0.310 e. The quantitative estimate of drug-likeness (QED) is 0.771. The van der Waals surface area contributed by atoms with Crippen LogP contribution in [0.5, 0.6) is 0 Å². The number of rotatable bonds is 1. The van der Waals surface area contributed by atoms with Crippen molar-refractivity contribution in [3.05, 3.63) is 34.9 Å². The molecule has 1 nitrogen and oxygen atoms in total. The number of benzene rings is 1. The maximum Gasteiger partial charge on any atom is 0.163 e. The average Bonchev–Trinajstić information content (AvgIpc) is 2.55. The molecule has 88 valence electrons. The van der Waals surface area contributed by atoms with Gasteiger partial charge in [0.25, 0.3) is 0 Å². The van der Waals surface area contributed by atoms with Crippen LogP contribution in [0.2, 0.25) is 0 Å². The van der Waals surface area contributed by atoms with Gasteiger partial charge in [0.15, 0.2) is 11.6 Å². The molecule has 1 atom stereocenters. The monoisotopic (exact) mass is 225 g/mol. The Morgan fingerprint density at radius 3 is 2.75 bits per heavy atom. The molecule has 1 aliphatic heterocycles. The highest BCUT2D eigenvalue weighted by Crippen LogP contribution is 2.27.